The molecule has 1 aromatic heterocycles. The number of urea groups is 1. The summed E-state index contributed by atoms with van der Waals surface area (Å²) in [6, 6.07) is 12.7. The molecular weight excluding hydrogens is 424 g/mol. The largest absolute Gasteiger partial charge is 0.322 e. The van der Waals surface area contributed by atoms with Gasteiger partial charge in [0.2, 0.25) is 0 Å². The lowest BCUT2D eigenvalue weighted by Gasteiger charge is -2.27. The highest BCUT2D eigenvalue weighted by Gasteiger charge is 2.18. The van der Waals surface area contributed by atoms with E-state index >= 15 is 0 Å². The Morgan fingerprint density at radius 2 is 1.72 bits per heavy atom. The smallest absolute Gasteiger partial charge is 0.322 e. The molecule has 32 heavy (non-hydrogen) atoms. The van der Waals surface area contributed by atoms with Crippen LogP contribution in [-0.2, 0) is 6.54 Å². The molecule has 170 valence electrons. The zero-order valence-corrected chi connectivity index (χ0v) is 19.9. The molecule has 0 spiro atoms. The van der Waals surface area contributed by atoms with Crippen molar-refractivity contribution in [3.63, 3.8) is 0 Å². The van der Waals surface area contributed by atoms with Crippen LogP contribution in [0, 0.1) is 13.8 Å². The van der Waals surface area contributed by atoms with Crippen LogP contribution in [0.3, 0.4) is 0 Å². The molecule has 0 saturated heterocycles. The van der Waals surface area contributed by atoms with E-state index in [0.29, 0.717) is 22.8 Å². The number of hydrogen-bond donors (Lipinski definition) is 2. The van der Waals surface area contributed by atoms with E-state index in [1.807, 2.05) is 26.0 Å². The molecule has 0 aliphatic heterocycles. The van der Waals surface area contributed by atoms with Gasteiger partial charge in [-0.1, -0.05) is 31.5 Å². The number of H-pyrrole nitrogens is 1. The lowest BCUT2D eigenvalue weighted by Crippen LogP contribution is -2.41. The van der Waals surface area contributed by atoms with Crippen molar-refractivity contribution in [1.82, 2.24) is 14.8 Å². The first-order valence-corrected chi connectivity index (χ1v) is 11.4. The molecule has 0 aliphatic carbocycles. The summed E-state index contributed by atoms with van der Waals surface area (Å²) in [6.45, 7) is 11.5. The standard InChI is InChI=1S/C25H31ClN4O2/c1-5-29(6-2)11-12-30(25(32)27-21-9-7-20(26)8-10-21)16-19-15-22-18(4)13-17(3)14-23(22)28-24(19)31/h7-10,13-15H,5-6,11-12,16H2,1-4H3,(H,27,32)(H,28,31). The van der Waals surface area contributed by atoms with Gasteiger partial charge in [0.05, 0.1) is 6.54 Å². The Kier molecular flexibility index (Phi) is 7.94. The fraction of sp³-hybridized carbons (Fsp3) is 0.360. The number of anilines is 1. The van der Waals surface area contributed by atoms with E-state index in [9.17, 15) is 9.59 Å². The molecule has 0 radical (unpaired) electrons. The Balaban J connectivity index is 1.88. The number of aromatic nitrogens is 1. The molecule has 0 atom stereocenters. The van der Waals surface area contributed by atoms with E-state index < -0.39 is 0 Å². The van der Waals surface area contributed by atoms with E-state index in [0.717, 1.165) is 41.7 Å². The van der Waals surface area contributed by atoms with Gasteiger partial charge in [-0.15, -0.1) is 0 Å². The highest BCUT2D eigenvalue weighted by Crippen LogP contribution is 2.19. The van der Waals surface area contributed by atoms with Crippen LogP contribution in [0.2, 0.25) is 5.02 Å². The number of likely N-dealkylation sites (N-methyl/N-ethyl adjacent to an activating group) is 1. The number of carbonyl (C=O) groups excluding carboxylic acids is 1. The second kappa shape index (κ2) is 10.7. The van der Waals surface area contributed by atoms with Gasteiger partial charge in [-0.05, 0) is 74.5 Å². The van der Waals surface area contributed by atoms with E-state index in [2.05, 4.69) is 35.1 Å². The zero-order chi connectivity index (χ0) is 23.3. The number of aromatic amines is 1. The number of nitrogens with zero attached hydrogens (tertiary/aromatic N) is 2. The number of benzene rings is 2. The van der Waals surface area contributed by atoms with Crippen LogP contribution in [0.25, 0.3) is 10.9 Å². The van der Waals surface area contributed by atoms with E-state index in [-0.39, 0.29) is 18.1 Å². The minimum Gasteiger partial charge on any atom is -0.322 e. The van der Waals surface area contributed by atoms with E-state index in [4.69, 9.17) is 11.6 Å². The summed E-state index contributed by atoms with van der Waals surface area (Å²) in [5.41, 5.74) is 4.06. The van der Waals surface area contributed by atoms with Gasteiger partial charge in [0.15, 0.2) is 0 Å². The fourth-order valence-electron chi connectivity index (χ4n) is 3.83. The predicted molar refractivity (Wildman–Crippen MR) is 133 cm³/mol. The first-order chi connectivity index (χ1) is 15.3. The molecule has 0 fully saturated rings. The molecule has 3 aromatic rings. The van der Waals surface area contributed by atoms with Crippen molar-refractivity contribution in [1.29, 1.82) is 0 Å². The Labute approximate surface area is 194 Å². The maximum Gasteiger partial charge on any atom is 0.322 e. The lowest BCUT2D eigenvalue weighted by atomic mass is 10.0. The van der Waals surface area contributed by atoms with Gasteiger partial charge in [0.1, 0.15) is 0 Å². The highest BCUT2D eigenvalue weighted by molar-refractivity contribution is 6.30. The Morgan fingerprint density at radius 1 is 1.03 bits per heavy atom. The molecular formula is C25H31ClN4O2. The van der Waals surface area contributed by atoms with Crippen LogP contribution in [0.1, 0.15) is 30.5 Å². The molecule has 2 amide bonds. The third-order valence-electron chi connectivity index (χ3n) is 5.71. The Morgan fingerprint density at radius 3 is 2.38 bits per heavy atom. The first kappa shape index (κ1) is 23.8. The van der Waals surface area contributed by atoms with E-state index in [1.54, 1.807) is 29.2 Å². The summed E-state index contributed by atoms with van der Waals surface area (Å²) in [5, 5.41) is 4.52. The summed E-state index contributed by atoms with van der Waals surface area (Å²) in [4.78, 5) is 32.9. The fourth-order valence-corrected chi connectivity index (χ4v) is 3.96. The minimum atomic E-state index is -0.250. The van der Waals surface area contributed by atoms with Crippen molar-refractivity contribution < 1.29 is 4.79 Å². The topological polar surface area (TPSA) is 68.4 Å². The number of nitrogens with one attached hydrogen (secondary N) is 2. The summed E-state index contributed by atoms with van der Waals surface area (Å²) in [6.07, 6.45) is 0. The number of carbonyl (C=O) groups is 1. The molecule has 0 bridgehead atoms. The highest BCUT2D eigenvalue weighted by atomic mass is 35.5. The Bertz CT molecular complexity index is 1140. The molecule has 0 aliphatic rings. The van der Waals surface area contributed by atoms with Crippen molar-refractivity contribution >= 4 is 34.2 Å². The van der Waals surface area contributed by atoms with Gasteiger partial charge in [-0.25, -0.2) is 4.79 Å². The number of amides is 2. The van der Waals surface area contributed by atoms with Crippen LogP contribution >= 0.6 is 11.6 Å². The molecule has 7 heteroatoms. The SMILES string of the molecule is CCN(CC)CCN(Cc1cc2c(C)cc(C)cc2[nH]c1=O)C(=O)Nc1ccc(Cl)cc1. The minimum absolute atomic E-state index is 0.172. The molecule has 0 saturated carbocycles. The number of halogens is 1. The first-order valence-electron chi connectivity index (χ1n) is 11.0. The second-order valence-electron chi connectivity index (χ2n) is 8.05. The average Bonchev–Trinajstić information content (AvgIpc) is 2.75. The van der Waals surface area contributed by atoms with Crippen LogP contribution in [0.5, 0.6) is 0 Å². The molecule has 2 aromatic carbocycles. The lowest BCUT2D eigenvalue weighted by molar-refractivity contribution is 0.194. The predicted octanol–water partition coefficient (Wildman–Crippen LogP) is 5.17. The number of pyridine rings is 1. The maximum atomic E-state index is 13.1. The quantitative estimate of drug-likeness (QED) is 0.493. The summed E-state index contributed by atoms with van der Waals surface area (Å²) in [7, 11) is 0. The van der Waals surface area contributed by atoms with Crippen LogP contribution in [-0.4, -0.2) is 47.0 Å². The maximum absolute atomic E-state index is 13.1. The number of rotatable bonds is 8. The average molecular weight is 455 g/mol. The zero-order valence-electron chi connectivity index (χ0n) is 19.2. The third kappa shape index (κ3) is 5.90. The number of aryl methyl sites for hydroxylation is 2. The summed E-state index contributed by atoms with van der Waals surface area (Å²) >= 11 is 5.96. The summed E-state index contributed by atoms with van der Waals surface area (Å²) in [5.74, 6) is 0. The normalized spacial score (nSPS) is 11.2. The van der Waals surface area contributed by atoms with Crippen molar-refractivity contribution in [3.05, 3.63) is 74.5 Å². The Hall–Kier alpha value is -2.83. The molecule has 0 unspecified atom stereocenters. The number of hydrogen-bond acceptors (Lipinski definition) is 3. The second-order valence-corrected chi connectivity index (χ2v) is 8.49. The van der Waals surface area contributed by atoms with Gasteiger partial charge in [-0.2, -0.15) is 0 Å². The van der Waals surface area contributed by atoms with Gasteiger partial charge < -0.3 is 20.1 Å². The van der Waals surface area contributed by atoms with Gasteiger partial charge >= 0.3 is 6.03 Å². The van der Waals surface area contributed by atoms with Crippen LogP contribution in [0.15, 0.2) is 47.3 Å². The van der Waals surface area contributed by atoms with Crippen molar-refractivity contribution in [3.8, 4) is 0 Å². The van der Waals surface area contributed by atoms with Crippen molar-refractivity contribution in [2.75, 3.05) is 31.5 Å². The van der Waals surface area contributed by atoms with Crippen LogP contribution in [0.4, 0.5) is 10.5 Å². The van der Waals surface area contributed by atoms with Gasteiger partial charge in [0.25, 0.3) is 5.56 Å². The monoisotopic (exact) mass is 454 g/mol. The van der Waals surface area contributed by atoms with Gasteiger partial charge in [-0.3, -0.25) is 4.79 Å². The van der Waals surface area contributed by atoms with Gasteiger partial charge in [0, 0.05) is 40.3 Å². The molecule has 2 N–H and O–H groups in total. The number of fused-ring (bicyclic) bond motifs is 1. The van der Waals surface area contributed by atoms with Crippen molar-refractivity contribution in [2.24, 2.45) is 0 Å². The van der Waals surface area contributed by atoms with Crippen molar-refractivity contribution in [2.45, 2.75) is 34.2 Å². The third-order valence-corrected chi connectivity index (χ3v) is 5.97. The molecule has 6 nitrogen and oxygen atoms in total. The molecule has 3 rings (SSSR count). The van der Waals surface area contributed by atoms with Crippen LogP contribution < -0.4 is 10.9 Å². The molecule has 1 heterocycles. The summed E-state index contributed by atoms with van der Waals surface area (Å²) < 4.78 is 0. The van der Waals surface area contributed by atoms with E-state index in [1.165, 1.54) is 0 Å².